The van der Waals surface area contributed by atoms with Gasteiger partial charge in [0.15, 0.2) is 0 Å². The summed E-state index contributed by atoms with van der Waals surface area (Å²) in [5.41, 5.74) is 0.742. The number of ether oxygens (including phenoxy) is 2. The summed E-state index contributed by atoms with van der Waals surface area (Å²) in [4.78, 5) is 15.3. The number of cyclic esters (lactones) is 1. The highest BCUT2D eigenvalue weighted by atomic mass is 32.2. The molecule has 2 heterocycles. The van der Waals surface area contributed by atoms with Crippen molar-refractivity contribution in [2.75, 3.05) is 63.2 Å². The van der Waals surface area contributed by atoms with Gasteiger partial charge in [0.1, 0.15) is 11.9 Å². The zero-order chi connectivity index (χ0) is 21.9. The number of methoxy groups -OCH3 is 1. The van der Waals surface area contributed by atoms with Crippen molar-refractivity contribution in [2.45, 2.75) is 6.10 Å². The third kappa shape index (κ3) is 4.91. The number of rotatable bonds is 6. The van der Waals surface area contributed by atoms with Gasteiger partial charge in [-0.2, -0.15) is 12.7 Å². The van der Waals surface area contributed by atoms with Crippen LogP contribution in [-0.2, 0) is 19.7 Å². The standard InChI is InChI=1S/C17H24FN5O5S2/c1-19-30(25,26)22-7-5-21(6-8-22)15-4-3-12(9-14(15)18)23-11-13(28-17(23)24)10-20-16(29)27-2/h3-4,9,13,19H,5-8,10-11H2,1-2H3,(H,20,29)/t13-/m0/s1. The molecule has 2 aliphatic heterocycles. The molecule has 13 heteroatoms. The molecule has 0 unspecified atom stereocenters. The average Bonchev–Trinajstić information content (AvgIpc) is 3.12. The predicted octanol–water partition coefficient (Wildman–Crippen LogP) is 0.258. The smallest absolute Gasteiger partial charge is 0.414 e. The number of thiocarbonyl (C=S) groups is 1. The summed E-state index contributed by atoms with van der Waals surface area (Å²) in [6.45, 7) is 1.75. The maximum atomic E-state index is 14.8. The molecule has 2 fully saturated rings. The second-order valence-electron chi connectivity index (χ2n) is 6.72. The van der Waals surface area contributed by atoms with Crippen LogP contribution in [0, 0.1) is 5.82 Å². The summed E-state index contributed by atoms with van der Waals surface area (Å²) in [5, 5.41) is 3.02. The minimum absolute atomic E-state index is 0.197. The molecule has 0 saturated carbocycles. The molecule has 10 nitrogen and oxygen atoms in total. The van der Waals surface area contributed by atoms with Crippen LogP contribution in [0.5, 0.6) is 0 Å². The summed E-state index contributed by atoms with van der Waals surface area (Å²) >= 11 is 4.89. The van der Waals surface area contributed by atoms with Gasteiger partial charge in [-0.15, -0.1) is 0 Å². The topological polar surface area (TPSA) is 103 Å². The largest absolute Gasteiger partial charge is 0.474 e. The molecular weight excluding hydrogens is 437 g/mol. The summed E-state index contributed by atoms with van der Waals surface area (Å²) in [6.07, 6.45) is -1.02. The molecule has 2 N–H and O–H groups in total. The van der Waals surface area contributed by atoms with Gasteiger partial charge in [0.05, 0.1) is 31.6 Å². The van der Waals surface area contributed by atoms with Crippen molar-refractivity contribution in [3.8, 4) is 0 Å². The Morgan fingerprint density at radius 3 is 2.63 bits per heavy atom. The van der Waals surface area contributed by atoms with Gasteiger partial charge in [-0.3, -0.25) is 4.90 Å². The van der Waals surface area contributed by atoms with E-state index in [9.17, 15) is 17.6 Å². The van der Waals surface area contributed by atoms with E-state index in [1.807, 2.05) is 0 Å². The number of anilines is 2. The average molecular weight is 462 g/mol. The van der Waals surface area contributed by atoms with Gasteiger partial charge in [0, 0.05) is 33.2 Å². The van der Waals surface area contributed by atoms with Gasteiger partial charge < -0.3 is 19.7 Å². The number of amides is 1. The first-order valence-corrected chi connectivity index (χ1v) is 11.1. The molecule has 0 bridgehead atoms. The van der Waals surface area contributed by atoms with Gasteiger partial charge in [0.25, 0.3) is 15.4 Å². The van der Waals surface area contributed by atoms with E-state index in [0.29, 0.717) is 24.5 Å². The fourth-order valence-electron chi connectivity index (χ4n) is 3.33. The monoisotopic (exact) mass is 461 g/mol. The summed E-state index contributed by atoms with van der Waals surface area (Å²) < 4.78 is 52.2. The zero-order valence-corrected chi connectivity index (χ0v) is 18.3. The fraction of sp³-hybridized carbons (Fsp3) is 0.529. The number of nitrogens with zero attached hydrogens (tertiary/aromatic N) is 3. The SMILES string of the molecule is CNS(=O)(=O)N1CCN(c2ccc(N3C[C@H](CNC(=S)OC)OC3=O)cc2F)CC1. The number of nitrogens with one attached hydrogen (secondary N) is 2. The van der Waals surface area contributed by atoms with Crippen molar-refractivity contribution >= 4 is 45.1 Å². The van der Waals surface area contributed by atoms with Gasteiger partial charge in [0.2, 0.25) is 0 Å². The molecule has 30 heavy (non-hydrogen) atoms. The van der Waals surface area contributed by atoms with Crippen molar-refractivity contribution in [3.63, 3.8) is 0 Å². The lowest BCUT2D eigenvalue weighted by Crippen LogP contribution is -2.51. The molecule has 1 amide bonds. The maximum absolute atomic E-state index is 14.8. The second kappa shape index (κ2) is 9.29. The summed E-state index contributed by atoms with van der Waals surface area (Å²) in [5.74, 6) is -0.493. The molecule has 166 valence electrons. The highest BCUT2D eigenvalue weighted by Gasteiger charge is 2.33. The number of carbonyl (C=O) groups is 1. The summed E-state index contributed by atoms with van der Waals surface area (Å²) in [7, 11) is -0.701. The fourth-order valence-corrected chi connectivity index (χ4v) is 4.31. The van der Waals surface area contributed by atoms with Crippen molar-refractivity contribution in [3.05, 3.63) is 24.0 Å². The minimum atomic E-state index is -3.49. The van der Waals surface area contributed by atoms with Crippen LogP contribution in [0.4, 0.5) is 20.6 Å². The molecule has 1 aromatic rings. The van der Waals surface area contributed by atoms with E-state index < -0.39 is 28.2 Å². The van der Waals surface area contributed by atoms with Crippen LogP contribution in [0.25, 0.3) is 0 Å². The minimum Gasteiger partial charge on any atom is -0.474 e. The number of halogens is 1. The van der Waals surface area contributed by atoms with Gasteiger partial charge in [-0.1, -0.05) is 0 Å². The zero-order valence-electron chi connectivity index (χ0n) is 16.6. The van der Waals surface area contributed by atoms with Crippen LogP contribution >= 0.6 is 12.2 Å². The Balaban J connectivity index is 1.63. The maximum Gasteiger partial charge on any atom is 0.414 e. The molecular formula is C17H24FN5O5S2. The van der Waals surface area contributed by atoms with Gasteiger partial charge >= 0.3 is 6.09 Å². The number of hydrogen-bond donors (Lipinski definition) is 2. The molecule has 2 saturated heterocycles. The van der Waals surface area contributed by atoms with E-state index in [2.05, 4.69) is 10.0 Å². The van der Waals surface area contributed by atoms with E-state index in [0.717, 1.165) is 0 Å². The van der Waals surface area contributed by atoms with Crippen LogP contribution in [0.2, 0.25) is 0 Å². The molecule has 0 radical (unpaired) electrons. The highest BCUT2D eigenvalue weighted by Crippen LogP contribution is 2.28. The molecule has 0 aliphatic carbocycles. The Morgan fingerprint density at radius 2 is 2.03 bits per heavy atom. The lowest BCUT2D eigenvalue weighted by atomic mass is 10.2. The lowest BCUT2D eigenvalue weighted by Gasteiger charge is -2.35. The van der Waals surface area contributed by atoms with Gasteiger partial charge in [-0.25, -0.2) is 13.9 Å². The normalized spacial score (nSPS) is 20.2. The Labute approximate surface area is 180 Å². The third-order valence-corrected chi connectivity index (χ3v) is 6.83. The predicted molar refractivity (Wildman–Crippen MR) is 113 cm³/mol. The molecule has 1 aromatic carbocycles. The van der Waals surface area contributed by atoms with Crippen LogP contribution in [-0.4, -0.2) is 83.5 Å². The lowest BCUT2D eigenvalue weighted by molar-refractivity contribution is 0.142. The Hall–Kier alpha value is -2.22. The van der Waals surface area contributed by atoms with E-state index in [1.54, 1.807) is 17.0 Å². The van der Waals surface area contributed by atoms with Crippen LogP contribution in [0.3, 0.4) is 0 Å². The van der Waals surface area contributed by atoms with E-state index in [4.69, 9.17) is 21.7 Å². The number of benzene rings is 1. The Morgan fingerprint density at radius 1 is 1.33 bits per heavy atom. The molecule has 0 spiro atoms. The van der Waals surface area contributed by atoms with Crippen LogP contribution < -0.4 is 19.8 Å². The molecule has 3 rings (SSSR count). The third-order valence-electron chi connectivity index (χ3n) is 4.95. The summed E-state index contributed by atoms with van der Waals surface area (Å²) in [6, 6.07) is 4.51. The number of piperazine rings is 1. The van der Waals surface area contributed by atoms with Crippen LogP contribution in [0.15, 0.2) is 18.2 Å². The van der Waals surface area contributed by atoms with Crippen molar-refractivity contribution in [2.24, 2.45) is 0 Å². The number of hydrogen-bond acceptors (Lipinski definition) is 7. The first kappa shape index (κ1) is 22.5. The first-order chi connectivity index (χ1) is 14.2. The van der Waals surface area contributed by atoms with E-state index in [-0.39, 0.29) is 31.4 Å². The van der Waals surface area contributed by atoms with E-state index >= 15 is 0 Å². The molecule has 2 aliphatic rings. The quantitative estimate of drug-likeness (QED) is 0.582. The molecule has 0 aromatic heterocycles. The Bertz CT molecular complexity index is 908. The Kier molecular flexibility index (Phi) is 6.95. The van der Waals surface area contributed by atoms with E-state index in [1.165, 1.54) is 29.4 Å². The first-order valence-electron chi connectivity index (χ1n) is 9.28. The van der Waals surface area contributed by atoms with Crippen molar-refractivity contribution in [1.29, 1.82) is 0 Å². The highest BCUT2D eigenvalue weighted by molar-refractivity contribution is 7.87. The second-order valence-corrected chi connectivity index (χ2v) is 8.97. The van der Waals surface area contributed by atoms with Crippen molar-refractivity contribution in [1.82, 2.24) is 14.3 Å². The van der Waals surface area contributed by atoms with Gasteiger partial charge in [-0.05, 0) is 30.4 Å². The number of carbonyl (C=O) groups excluding carboxylic acids is 1. The van der Waals surface area contributed by atoms with Crippen LogP contribution in [0.1, 0.15) is 0 Å². The molecule has 1 atom stereocenters. The van der Waals surface area contributed by atoms with Crippen molar-refractivity contribution < 1.29 is 27.1 Å².